The van der Waals surface area contributed by atoms with E-state index in [-0.39, 0.29) is 5.41 Å². The van der Waals surface area contributed by atoms with Gasteiger partial charge in [-0.2, -0.15) is 0 Å². The molecular weight excluding hydrogens is 246 g/mol. The van der Waals surface area contributed by atoms with Gasteiger partial charge >= 0.3 is 0 Å². The van der Waals surface area contributed by atoms with Crippen LogP contribution >= 0.6 is 0 Å². The Kier molecular flexibility index (Phi) is 4.53. The fourth-order valence-corrected chi connectivity index (χ4v) is 2.50. The lowest BCUT2D eigenvalue weighted by molar-refractivity contribution is 0.426. The Hall–Kier alpha value is -1.00. The van der Waals surface area contributed by atoms with E-state index >= 15 is 0 Å². The first-order chi connectivity index (χ1) is 8.99. The number of benzene rings is 1. The van der Waals surface area contributed by atoms with Crippen LogP contribution in [-0.4, -0.2) is 26.2 Å². The van der Waals surface area contributed by atoms with Crippen molar-refractivity contribution in [2.45, 2.75) is 25.7 Å². The summed E-state index contributed by atoms with van der Waals surface area (Å²) >= 11 is 0. The van der Waals surface area contributed by atoms with E-state index in [1.165, 1.54) is 18.6 Å². The van der Waals surface area contributed by atoms with Gasteiger partial charge in [0, 0.05) is 12.0 Å². The molecule has 2 nitrogen and oxygen atoms in total. The van der Waals surface area contributed by atoms with Crippen molar-refractivity contribution in [1.29, 1.82) is 0 Å². The molecule has 1 heterocycles. The van der Waals surface area contributed by atoms with Crippen molar-refractivity contribution in [1.82, 2.24) is 10.6 Å². The maximum absolute atomic E-state index is 13.3. The molecule has 0 radical (unpaired) electrons. The highest BCUT2D eigenvalue weighted by Crippen LogP contribution is 2.24. The summed E-state index contributed by atoms with van der Waals surface area (Å²) in [4.78, 5) is 0. The summed E-state index contributed by atoms with van der Waals surface area (Å²) < 4.78 is 26.2. The fraction of sp³-hybridized carbons (Fsp3) is 0.600. The molecule has 1 unspecified atom stereocenters. The van der Waals surface area contributed by atoms with E-state index in [9.17, 15) is 8.78 Å². The molecule has 0 spiro atoms. The van der Waals surface area contributed by atoms with E-state index in [2.05, 4.69) is 10.6 Å². The first kappa shape index (κ1) is 14.4. The first-order valence-electron chi connectivity index (χ1n) is 6.86. The average molecular weight is 268 g/mol. The summed E-state index contributed by atoms with van der Waals surface area (Å²) in [6.45, 7) is 7.98. The van der Waals surface area contributed by atoms with E-state index in [1.807, 2.05) is 13.8 Å². The highest BCUT2D eigenvalue weighted by atomic mass is 19.2. The Bertz CT molecular complexity index is 426. The van der Waals surface area contributed by atoms with Gasteiger partial charge in [-0.3, -0.25) is 0 Å². The van der Waals surface area contributed by atoms with Crippen LogP contribution in [0.15, 0.2) is 18.2 Å². The largest absolute Gasteiger partial charge is 0.316 e. The van der Waals surface area contributed by atoms with Gasteiger partial charge in [-0.05, 0) is 49.7 Å². The molecule has 1 aliphatic heterocycles. The van der Waals surface area contributed by atoms with E-state index in [0.717, 1.165) is 31.7 Å². The zero-order chi connectivity index (χ0) is 13.9. The second-order valence-electron chi connectivity index (χ2n) is 6.00. The fourth-order valence-electron chi connectivity index (χ4n) is 2.50. The molecule has 0 aliphatic carbocycles. The molecule has 0 aromatic heterocycles. The third kappa shape index (κ3) is 3.74. The lowest BCUT2D eigenvalue weighted by Gasteiger charge is -2.26. The average Bonchev–Trinajstić information content (AvgIpc) is 2.85. The van der Waals surface area contributed by atoms with Crippen LogP contribution in [0, 0.1) is 17.6 Å². The Morgan fingerprint density at radius 3 is 2.74 bits per heavy atom. The Morgan fingerprint density at radius 1 is 1.32 bits per heavy atom. The van der Waals surface area contributed by atoms with Gasteiger partial charge in [0.15, 0.2) is 11.6 Å². The molecule has 0 amide bonds. The van der Waals surface area contributed by atoms with Crippen molar-refractivity contribution in [2.24, 2.45) is 5.92 Å². The Labute approximate surface area is 113 Å². The molecule has 1 aromatic carbocycles. The summed E-state index contributed by atoms with van der Waals surface area (Å²) in [6, 6.07) is 4.17. The van der Waals surface area contributed by atoms with Crippen molar-refractivity contribution in [3.8, 4) is 0 Å². The molecule has 2 rings (SSSR count). The zero-order valence-corrected chi connectivity index (χ0v) is 11.6. The number of halogens is 2. The van der Waals surface area contributed by atoms with Crippen molar-refractivity contribution < 1.29 is 8.78 Å². The van der Waals surface area contributed by atoms with Crippen LogP contribution < -0.4 is 10.6 Å². The number of hydrogen-bond donors (Lipinski definition) is 2. The molecule has 1 aromatic rings. The van der Waals surface area contributed by atoms with Gasteiger partial charge in [-0.1, -0.05) is 19.9 Å². The van der Waals surface area contributed by atoms with E-state index in [0.29, 0.717) is 5.92 Å². The van der Waals surface area contributed by atoms with Gasteiger partial charge in [0.1, 0.15) is 0 Å². The smallest absolute Gasteiger partial charge is 0.159 e. The molecule has 1 saturated heterocycles. The highest BCUT2D eigenvalue weighted by molar-refractivity contribution is 5.25. The van der Waals surface area contributed by atoms with Crippen molar-refractivity contribution >= 4 is 0 Å². The molecule has 0 saturated carbocycles. The van der Waals surface area contributed by atoms with E-state index in [1.54, 1.807) is 6.07 Å². The third-order valence-electron chi connectivity index (χ3n) is 3.86. The summed E-state index contributed by atoms with van der Waals surface area (Å²) in [5.74, 6) is -0.879. The molecule has 19 heavy (non-hydrogen) atoms. The normalized spacial score (nSPS) is 19.9. The summed E-state index contributed by atoms with van der Waals surface area (Å²) in [6.07, 6.45) is 1.21. The Balaban J connectivity index is 1.90. The van der Waals surface area contributed by atoms with Crippen LogP contribution in [0.3, 0.4) is 0 Å². The minimum Gasteiger partial charge on any atom is -0.316 e. The van der Waals surface area contributed by atoms with Crippen LogP contribution in [0.4, 0.5) is 8.78 Å². The standard InChI is InChI=1S/C15H22F2N2/c1-15(2,10-19-9-11-5-6-18-8-11)12-3-4-13(16)14(17)7-12/h3-4,7,11,18-19H,5-6,8-10H2,1-2H3. The molecule has 1 fully saturated rings. The molecule has 1 aliphatic rings. The lowest BCUT2D eigenvalue weighted by atomic mass is 9.84. The SMILES string of the molecule is CC(C)(CNCC1CCNC1)c1ccc(F)c(F)c1. The molecule has 0 bridgehead atoms. The van der Waals surface area contributed by atoms with Crippen LogP contribution in [0.1, 0.15) is 25.8 Å². The number of nitrogens with one attached hydrogen (secondary N) is 2. The van der Waals surface area contributed by atoms with E-state index in [4.69, 9.17) is 0 Å². The van der Waals surface area contributed by atoms with Gasteiger partial charge in [0.2, 0.25) is 0 Å². The summed E-state index contributed by atoms with van der Waals surface area (Å²) in [5, 5.41) is 6.78. The van der Waals surface area contributed by atoms with Gasteiger partial charge in [-0.15, -0.1) is 0 Å². The van der Waals surface area contributed by atoms with Gasteiger partial charge in [0.25, 0.3) is 0 Å². The van der Waals surface area contributed by atoms with Crippen LogP contribution in [0.2, 0.25) is 0 Å². The molecule has 2 N–H and O–H groups in total. The van der Waals surface area contributed by atoms with Crippen molar-refractivity contribution in [3.63, 3.8) is 0 Å². The van der Waals surface area contributed by atoms with Crippen LogP contribution in [0.25, 0.3) is 0 Å². The maximum atomic E-state index is 13.3. The monoisotopic (exact) mass is 268 g/mol. The Morgan fingerprint density at radius 2 is 2.11 bits per heavy atom. The summed E-state index contributed by atoms with van der Waals surface area (Å²) in [5.41, 5.74) is 0.615. The zero-order valence-electron chi connectivity index (χ0n) is 11.6. The quantitative estimate of drug-likeness (QED) is 0.857. The molecule has 106 valence electrons. The lowest BCUT2D eigenvalue weighted by Crippen LogP contribution is -2.36. The van der Waals surface area contributed by atoms with Gasteiger partial charge < -0.3 is 10.6 Å². The van der Waals surface area contributed by atoms with Gasteiger partial charge in [-0.25, -0.2) is 8.78 Å². The predicted octanol–water partition coefficient (Wildman–Crippen LogP) is 2.44. The number of rotatable bonds is 5. The van der Waals surface area contributed by atoms with Crippen LogP contribution in [0.5, 0.6) is 0 Å². The molecule has 4 heteroatoms. The van der Waals surface area contributed by atoms with Gasteiger partial charge in [0.05, 0.1) is 0 Å². The minimum absolute atomic E-state index is 0.208. The van der Waals surface area contributed by atoms with Crippen LogP contribution in [-0.2, 0) is 5.41 Å². The molecule has 1 atom stereocenters. The maximum Gasteiger partial charge on any atom is 0.159 e. The highest BCUT2D eigenvalue weighted by Gasteiger charge is 2.22. The second kappa shape index (κ2) is 5.97. The topological polar surface area (TPSA) is 24.1 Å². The van der Waals surface area contributed by atoms with Crippen molar-refractivity contribution in [3.05, 3.63) is 35.4 Å². The molecular formula is C15H22F2N2. The first-order valence-corrected chi connectivity index (χ1v) is 6.86. The second-order valence-corrected chi connectivity index (χ2v) is 6.00. The number of hydrogen-bond acceptors (Lipinski definition) is 2. The van der Waals surface area contributed by atoms with Crippen molar-refractivity contribution in [2.75, 3.05) is 26.2 Å². The predicted molar refractivity (Wildman–Crippen MR) is 73.2 cm³/mol. The minimum atomic E-state index is -0.787. The van der Waals surface area contributed by atoms with E-state index < -0.39 is 11.6 Å². The summed E-state index contributed by atoms with van der Waals surface area (Å²) in [7, 11) is 0. The third-order valence-corrected chi connectivity index (χ3v) is 3.86.